The van der Waals surface area contributed by atoms with Crippen molar-refractivity contribution < 1.29 is 9.53 Å². The van der Waals surface area contributed by atoms with E-state index in [1.54, 1.807) is 0 Å². The average Bonchev–Trinajstić information content (AvgIpc) is 2.70. The van der Waals surface area contributed by atoms with Crippen LogP contribution in [0.3, 0.4) is 0 Å². The number of Topliss-reactive ketones (excluding diaryl/α,β-unsaturated/α-hetero) is 1. The first kappa shape index (κ1) is 6.18. The van der Waals surface area contributed by atoms with Gasteiger partial charge in [-0.3, -0.25) is 4.79 Å². The van der Waals surface area contributed by atoms with Crippen molar-refractivity contribution in [2.24, 2.45) is 11.8 Å². The molecule has 1 heterocycles. The summed E-state index contributed by atoms with van der Waals surface area (Å²) in [5, 5.41) is 0. The molecule has 2 bridgehead atoms. The van der Waals surface area contributed by atoms with E-state index >= 15 is 0 Å². The van der Waals surface area contributed by atoms with Gasteiger partial charge in [-0.05, 0) is 18.8 Å². The van der Waals surface area contributed by atoms with Crippen LogP contribution in [0.15, 0.2) is 0 Å². The minimum Gasteiger partial charge on any atom is -0.368 e. The summed E-state index contributed by atoms with van der Waals surface area (Å²) >= 11 is 0. The summed E-state index contributed by atoms with van der Waals surface area (Å²) in [6, 6.07) is 0. The lowest BCUT2D eigenvalue weighted by Gasteiger charge is -2.24. The lowest BCUT2D eigenvalue weighted by molar-refractivity contribution is -0.121. The number of ether oxygens (including phenoxy) is 1. The van der Waals surface area contributed by atoms with Gasteiger partial charge < -0.3 is 4.74 Å². The van der Waals surface area contributed by atoms with Crippen LogP contribution in [0.4, 0.5) is 0 Å². The van der Waals surface area contributed by atoms with Gasteiger partial charge in [0, 0.05) is 12.3 Å². The van der Waals surface area contributed by atoms with E-state index in [4.69, 9.17) is 4.74 Å². The van der Waals surface area contributed by atoms with Crippen molar-refractivity contribution in [3.05, 3.63) is 0 Å². The third kappa shape index (κ3) is 0.598. The molecule has 2 aliphatic carbocycles. The van der Waals surface area contributed by atoms with E-state index < -0.39 is 0 Å². The molecule has 0 aromatic carbocycles. The normalized spacial score (nSPS) is 53.6. The zero-order chi connectivity index (χ0) is 7.47. The second-order valence-corrected chi connectivity index (χ2v) is 4.09. The van der Waals surface area contributed by atoms with Crippen LogP contribution < -0.4 is 0 Å². The largest absolute Gasteiger partial charge is 0.368 e. The third-order valence-corrected chi connectivity index (χ3v) is 3.64. The molecular formula is C9H12O2. The maximum atomic E-state index is 11.4. The summed E-state index contributed by atoms with van der Waals surface area (Å²) in [5.41, 5.74) is 0.0787. The first-order valence-corrected chi connectivity index (χ1v) is 4.49. The molecule has 0 aromatic rings. The maximum absolute atomic E-state index is 11.4. The van der Waals surface area contributed by atoms with Gasteiger partial charge in [0.15, 0.2) is 0 Å². The van der Waals surface area contributed by atoms with Gasteiger partial charge in [-0.15, -0.1) is 0 Å². The average molecular weight is 152 g/mol. The Labute approximate surface area is 65.9 Å². The van der Waals surface area contributed by atoms with Gasteiger partial charge in [-0.2, -0.15) is 0 Å². The monoisotopic (exact) mass is 152 g/mol. The van der Waals surface area contributed by atoms with Crippen LogP contribution in [0.1, 0.15) is 25.7 Å². The van der Waals surface area contributed by atoms with Crippen molar-refractivity contribution in [2.75, 3.05) is 6.61 Å². The third-order valence-electron chi connectivity index (χ3n) is 3.64. The number of rotatable bonds is 0. The van der Waals surface area contributed by atoms with Crippen LogP contribution in [-0.4, -0.2) is 18.0 Å². The summed E-state index contributed by atoms with van der Waals surface area (Å²) < 4.78 is 5.47. The first-order chi connectivity index (χ1) is 5.33. The van der Waals surface area contributed by atoms with Gasteiger partial charge in [-0.25, -0.2) is 0 Å². The molecule has 11 heavy (non-hydrogen) atoms. The minimum absolute atomic E-state index is 0.0787. The molecular weight excluding hydrogens is 140 g/mol. The zero-order valence-corrected chi connectivity index (χ0v) is 6.51. The Hall–Kier alpha value is -0.370. The molecule has 3 fully saturated rings. The fourth-order valence-electron chi connectivity index (χ4n) is 2.96. The molecule has 2 nitrogen and oxygen atoms in total. The van der Waals surface area contributed by atoms with E-state index in [1.165, 1.54) is 12.8 Å². The maximum Gasteiger partial charge on any atom is 0.139 e. The molecule has 1 aliphatic heterocycles. The quantitative estimate of drug-likeness (QED) is 0.487. The Morgan fingerprint density at radius 3 is 2.82 bits per heavy atom. The van der Waals surface area contributed by atoms with Gasteiger partial charge in [-0.1, -0.05) is 6.42 Å². The lowest BCUT2D eigenvalue weighted by atomic mass is 9.79. The number of ketones is 1. The number of carbonyl (C=O) groups excluding carboxylic acids is 1. The summed E-state index contributed by atoms with van der Waals surface area (Å²) in [7, 11) is 0. The number of hydrogen-bond acceptors (Lipinski definition) is 2. The predicted octanol–water partition coefficient (Wildman–Crippen LogP) is 1.14. The van der Waals surface area contributed by atoms with Crippen molar-refractivity contribution >= 4 is 5.78 Å². The Balaban J connectivity index is 2.02. The topological polar surface area (TPSA) is 29.6 Å². The SMILES string of the molecule is O=C1CC2CCCC1C21CO1. The van der Waals surface area contributed by atoms with Gasteiger partial charge in [0.2, 0.25) is 0 Å². The van der Waals surface area contributed by atoms with Gasteiger partial charge >= 0.3 is 0 Å². The van der Waals surface area contributed by atoms with E-state index in [9.17, 15) is 4.79 Å². The van der Waals surface area contributed by atoms with Crippen LogP contribution in [0.2, 0.25) is 0 Å². The van der Waals surface area contributed by atoms with Crippen LogP contribution >= 0.6 is 0 Å². The molecule has 1 saturated heterocycles. The van der Waals surface area contributed by atoms with Crippen LogP contribution in [0, 0.1) is 11.8 Å². The lowest BCUT2D eigenvalue weighted by Crippen LogP contribution is -2.31. The van der Waals surface area contributed by atoms with E-state index in [-0.39, 0.29) is 5.60 Å². The number of carbonyl (C=O) groups is 1. The van der Waals surface area contributed by atoms with Crippen molar-refractivity contribution in [1.82, 2.24) is 0 Å². The zero-order valence-electron chi connectivity index (χ0n) is 6.51. The van der Waals surface area contributed by atoms with E-state index in [0.29, 0.717) is 17.6 Å². The molecule has 3 rings (SSSR count). The molecule has 3 aliphatic rings. The molecule has 0 N–H and O–H groups in total. The Bertz CT molecular complexity index is 218. The van der Waals surface area contributed by atoms with Gasteiger partial charge in [0.05, 0.1) is 6.61 Å². The Morgan fingerprint density at radius 1 is 1.45 bits per heavy atom. The van der Waals surface area contributed by atoms with E-state index in [0.717, 1.165) is 19.4 Å². The second-order valence-electron chi connectivity index (χ2n) is 4.09. The Kier molecular flexibility index (Phi) is 0.947. The standard InChI is InChI=1S/C9H12O2/c10-8-4-6-2-1-3-7(8)9(6)5-11-9/h6-7H,1-5H2. The van der Waals surface area contributed by atoms with E-state index in [2.05, 4.69) is 0 Å². The van der Waals surface area contributed by atoms with Gasteiger partial charge in [0.1, 0.15) is 11.4 Å². The fraction of sp³-hybridized carbons (Fsp3) is 0.889. The highest BCUT2D eigenvalue weighted by molar-refractivity contribution is 5.86. The van der Waals surface area contributed by atoms with Crippen molar-refractivity contribution in [1.29, 1.82) is 0 Å². The molecule has 3 atom stereocenters. The minimum atomic E-state index is 0.0787. The molecule has 0 radical (unpaired) electrons. The molecule has 2 saturated carbocycles. The van der Waals surface area contributed by atoms with Crippen LogP contribution in [0.25, 0.3) is 0 Å². The molecule has 2 heteroatoms. The second kappa shape index (κ2) is 1.69. The summed E-state index contributed by atoms with van der Waals surface area (Å²) in [6.07, 6.45) is 4.37. The van der Waals surface area contributed by atoms with Gasteiger partial charge in [0.25, 0.3) is 0 Å². The van der Waals surface area contributed by atoms with Crippen LogP contribution in [-0.2, 0) is 9.53 Å². The van der Waals surface area contributed by atoms with E-state index in [1.807, 2.05) is 0 Å². The molecule has 60 valence electrons. The fourth-order valence-corrected chi connectivity index (χ4v) is 2.96. The Morgan fingerprint density at radius 2 is 2.27 bits per heavy atom. The predicted molar refractivity (Wildman–Crippen MR) is 39.1 cm³/mol. The summed E-state index contributed by atoms with van der Waals surface area (Å²) in [4.78, 5) is 11.4. The van der Waals surface area contributed by atoms with Crippen molar-refractivity contribution in [3.8, 4) is 0 Å². The smallest absolute Gasteiger partial charge is 0.139 e. The highest BCUT2D eigenvalue weighted by atomic mass is 16.6. The summed E-state index contributed by atoms with van der Waals surface area (Å²) in [6.45, 7) is 0.869. The highest BCUT2D eigenvalue weighted by Gasteiger charge is 2.65. The number of hydrogen-bond donors (Lipinski definition) is 0. The summed E-state index contributed by atoms with van der Waals surface area (Å²) in [5.74, 6) is 1.36. The first-order valence-electron chi connectivity index (χ1n) is 4.49. The molecule has 0 amide bonds. The molecule has 0 aromatic heterocycles. The number of epoxide rings is 1. The van der Waals surface area contributed by atoms with Crippen molar-refractivity contribution in [3.63, 3.8) is 0 Å². The highest BCUT2D eigenvalue weighted by Crippen LogP contribution is 2.56. The molecule has 3 unspecified atom stereocenters. The van der Waals surface area contributed by atoms with Crippen LogP contribution in [0.5, 0.6) is 0 Å². The van der Waals surface area contributed by atoms with Crippen molar-refractivity contribution in [2.45, 2.75) is 31.3 Å². The molecule has 1 spiro atoms.